The van der Waals surface area contributed by atoms with Gasteiger partial charge in [-0.25, -0.2) is 0 Å². The molecule has 0 saturated carbocycles. The van der Waals surface area contributed by atoms with Crippen molar-refractivity contribution >= 4 is 0 Å². The first-order valence-corrected chi connectivity index (χ1v) is 6.67. The van der Waals surface area contributed by atoms with E-state index in [9.17, 15) is 0 Å². The molecule has 0 radical (unpaired) electrons. The van der Waals surface area contributed by atoms with Crippen molar-refractivity contribution in [1.29, 1.82) is 0 Å². The molecule has 6 heteroatoms. The van der Waals surface area contributed by atoms with E-state index in [4.69, 9.17) is 28.4 Å². The summed E-state index contributed by atoms with van der Waals surface area (Å²) in [5, 5.41) is 0. The van der Waals surface area contributed by atoms with E-state index < -0.39 is 17.9 Å². The quantitative estimate of drug-likeness (QED) is 0.749. The molecule has 110 valence electrons. The lowest BCUT2D eigenvalue weighted by molar-refractivity contribution is -0.234. The Hall–Kier alpha value is -0.240. The number of fused-ring (bicyclic) bond motifs is 1. The van der Waals surface area contributed by atoms with Crippen LogP contribution in [0.4, 0.5) is 0 Å². The van der Waals surface area contributed by atoms with Crippen molar-refractivity contribution in [3.63, 3.8) is 0 Å². The molecule has 0 amide bonds. The smallest absolute Gasteiger partial charge is 0.190 e. The van der Waals surface area contributed by atoms with Gasteiger partial charge in [-0.1, -0.05) is 0 Å². The summed E-state index contributed by atoms with van der Waals surface area (Å²) in [5.74, 6) is -1.21. The van der Waals surface area contributed by atoms with E-state index in [-0.39, 0.29) is 24.4 Å². The molecule has 19 heavy (non-hydrogen) atoms. The Labute approximate surface area is 113 Å². The minimum atomic E-state index is -0.636. The summed E-state index contributed by atoms with van der Waals surface area (Å²) in [4.78, 5) is 0. The number of rotatable bonds is 2. The molecule has 0 aliphatic carbocycles. The number of hydrogen-bond donors (Lipinski definition) is 0. The molecule has 0 aromatic rings. The summed E-state index contributed by atoms with van der Waals surface area (Å²) in [6, 6.07) is 0. The van der Waals surface area contributed by atoms with E-state index in [0.717, 1.165) is 0 Å². The van der Waals surface area contributed by atoms with Crippen LogP contribution in [-0.2, 0) is 28.4 Å². The van der Waals surface area contributed by atoms with Gasteiger partial charge in [-0.15, -0.1) is 0 Å². The molecule has 1 unspecified atom stereocenters. The molecule has 6 nitrogen and oxygen atoms in total. The Bertz CT molecular complexity index is 355. The monoisotopic (exact) mass is 274 g/mol. The minimum absolute atomic E-state index is 0.166. The van der Waals surface area contributed by atoms with E-state index >= 15 is 0 Å². The van der Waals surface area contributed by atoms with Gasteiger partial charge in [-0.2, -0.15) is 0 Å². The summed E-state index contributed by atoms with van der Waals surface area (Å²) in [6.45, 7) is 8.01. The summed E-state index contributed by atoms with van der Waals surface area (Å²) < 4.78 is 34.5. The van der Waals surface area contributed by atoms with Gasteiger partial charge in [0.15, 0.2) is 17.9 Å². The molecule has 0 aromatic heterocycles. The van der Waals surface area contributed by atoms with E-state index in [0.29, 0.717) is 6.61 Å². The van der Waals surface area contributed by atoms with Crippen LogP contribution in [0.5, 0.6) is 0 Å². The van der Waals surface area contributed by atoms with E-state index in [2.05, 4.69) is 0 Å². The van der Waals surface area contributed by atoms with E-state index in [1.165, 1.54) is 0 Å². The van der Waals surface area contributed by atoms with Gasteiger partial charge in [0.1, 0.15) is 24.4 Å². The molecule has 0 N–H and O–H groups in total. The first-order valence-electron chi connectivity index (χ1n) is 6.67. The van der Waals surface area contributed by atoms with E-state index in [1.54, 1.807) is 7.11 Å². The third kappa shape index (κ3) is 2.41. The van der Waals surface area contributed by atoms with Crippen LogP contribution in [0, 0.1) is 0 Å². The SMILES string of the molecule is CO[C@H]1C([C@@H]2COC(C)(C)O2)O[C@@H]2OC(C)(C)O[C@@H]21. The zero-order valence-corrected chi connectivity index (χ0v) is 12.0. The lowest BCUT2D eigenvalue weighted by Crippen LogP contribution is -2.43. The summed E-state index contributed by atoms with van der Waals surface area (Å²) in [7, 11) is 1.65. The van der Waals surface area contributed by atoms with Crippen molar-refractivity contribution in [2.45, 2.75) is 70.0 Å². The van der Waals surface area contributed by atoms with Crippen LogP contribution in [0.25, 0.3) is 0 Å². The fourth-order valence-electron chi connectivity index (χ4n) is 2.95. The van der Waals surface area contributed by atoms with Crippen LogP contribution < -0.4 is 0 Å². The maximum atomic E-state index is 5.92. The maximum absolute atomic E-state index is 5.92. The summed E-state index contributed by atoms with van der Waals surface area (Å²) >= 11 is 0. The van der Waals surface area contributed by atoms with Crippen LogP contribution in [-0.4, -0.2) is 56.0 Å². The standard InChI is InChI=1S/C13H22O6/c1-12(2)15-6-7(17-12)8-9(14-5)10-11(16-8)19-13(3,4)18-10/h7-11H,6H2,1-5H3/t7-,8?,9-,10+,11+/m0/s1. The first-order chi connectivity index (χ1) is 8.81. The highest BCUT2D eigenvalue weighted by Gasteiger charge is 2.58. The maximum Gasteiger partial charge on any atom is 0.190 e. The molecular formula is C13H22O6. The third-order valence-corrected chi connectivity index (χ3v) is 3.70. The van der Waals surface area contributed by atoms with Crippen LogP contribution in [0.3, 0.4) is 0 Å². The molecule has 3 fully saturated rings. The highest BCUT2D eigenvalue weighted by atomic mass is 16.8. The summed E-state index contributed by atoms with van der Waals surface area (Å²) in [5.41, 5.74) is 0. The van der Waals surface area contributed by atoms with Gasteiger partial charge in [0.25, 0.3) is 0 Å². The van der Waals surface area contributed by atoms with E-state index in [1.807, 2.05) is 27.7 Å². The van der Waals surface area contributed by atoms with Gasteiger partial charge in [0, 0.05) is 7.11 Å². The van der Waals surface area contributed by atoms with Gasteiger partial charge in [0.05, 0.1) is 6.61 Å². The predicted molar refractivity (Wildman–Crippen MR) is 64.4 cm³/mol. The predicted octanol–water partition coefficient (Wildman–Crippen LogP) is 1.03. The molecule has 3 rings (SSSR count). The number of methoxy groups -OCH3 is 1. The molecule has 3 heterocycles. The molecular weight excluding hydrogens is 252 g/mol. The number of hydrogen-bond acceptors (Lipinski definition) is 6. The zero-order valence-electron chi connectivity index (χ0n) is 12.0. The van der Waals surface area contributed by atoms with Gasteiger partial charge < -0.3 is 28.4 Å². The highest BCUT2D eigenvalue weighted by molar-refractivity contribution is 4.98. The van der Waals surface area contributed by atoms with Gasteiger partial charge >= 0.3 is 0 Å². The average Bonchev–Trinajstić information content (AvgIpc) is 2.87. The lowest BCUT2D eigenvalue weighted by Gasteiger charge is -2.28. The van der Waals surface area contributed by atoms with Crippen LogP contribution in [0.15, 0.2) is 0 Å². The Kier molecular flexibility index (Phi) is 3.16. The Morgan fingerprint density at radius 2 is 1.68 bits per heavy atom. The van der Waals surface area contributed by atoms with Crippen molar-refractivity contribution in [1.82, 2.24) is 0 Å². The molecule has 3 aliphatic rings. The van der Waals surface area contributed by atoms with Crippen LogP contribution >= 0.6 is 0 Å². The minimum Gasteiger partial charge on any atom is -0.376 e. The second-order valence-electron chi connectivity index (χ2n) is 6.14. The third-order valence-electron chi connectivity index (χ3n) is 3.70. The number of ether oxygens (including phenoxy) is 6. The zero-order chi connectivity index (χ0) is 13.8. The normalized spacial score (nSPS) is 47.5. The average molecular weight is 274 g/mol. The van der Waals surface area contributed by atoms with Crippen molar-refractivity contribution in [3.05, 3.63) is 0 Å². The lowest BCUT2D eigenvalue weighted by atomic mass is 10.1. The second-order valence-corrected chi connectivity index (χ2v) is 6.14. The Morgan fingerprint density at radius 3 is 2.26 bits per heavy atom. The fraction of sp³-hybridized carbons (Fsp3) is 1.00. The Morgan fingerprint density at radius 1 is 0.947 bits per heavy atom. The van der Waals surface area contributed by atoms with Crippen molar-refractivity contribution in [2.24, 2.45) is 0 Å². The molecule has 3 saturated heterocycles. The van der Waals surface area contributed by atoms with Gasteiger partial charge in [-0.05, 0) is 27.7 Å². The topological polar surface area (TPSA) is 55.4 Å². The molecule has 3 aliphatic heterocycles. The van der Waals surface area contributed by atoms with Crippen molar-refractivity contribution in [3.8, 4) is 0 Å². The molecule has 5 atom stereocenters. The molecule has 0 aromatic carbocycles. The largest absolute Gasteiger partial charge is 0.376 e. The van der Waals surface area contributed by atoms with Crippen LogP contribution in [0.2, 0.25) is 0 Å². The van der Waals surface area contributed by atoms with Crippen LogP contribution in [0.1, 0.15) is 27.7 Å². The highest BCUT2D eigenvalue weighted by Crippen LogP contribution is 2.41. The second kappa shape index (κ2) is 4.38. The fourth-order valence-corrected chi connectivity index (χ4v) is 2.95. The van der Waals surface area contributed by atoms with Gasteiger partial charge in [0.2, 0.25) is 0 Å². The summed E-state index contributed by atoms with van der Waals surface area (Å²) in [6.07, 6.45) is -1.25. The van der Waals surface area contributed by atoms with Crippen molar-refractivity contribution in [2.75, 3.05) is 13.7 Å². The first kappa shape index (κ1) is 13.7. The van der Waals surface area contributed by atoms with Gasteiger partial charge in [-0.3, -0.25) is 0 Å². The van der Waals surface area contributed by atoms with Crippen molar-refractivity contribution < 1.29 is 28.4 Å². The molecule has 0 spiro atoms. The Balaban J connectivity index is 1.72. The molecule has 0 bridgehead atoms.